The van der Waals surface area contributed by atoms with E-state index in [0.717, 1.165) is 6.42 Å². The van der Waals surface area contributed by atoms with Crippen LogP contribution in [-0.4, -0.2) is 29.4 Å². The Hall–Kier alpha value is -1.59. The molecule has 1 atom stereocenters. The molecule has 6 heteroatoms. The molecule has 0 aromatic rings. The maximum atomic E-state index is 10.5. The Morgan fingerprint density at radius 1 is 1.60 bits per heavy atom. The van der Waals surface area contributed by atoms with Gasteiger partial charge in [0.15, 0.2) is 0 Å². The van der Waals surface area contributed by atoms with Gasteiger partial charge in [-0.25, -0.2) is 0 Å². The molecule has 1 saturated heterocycles. The topological polar surface area (TPSA) is 109 Å². The highest BCUT2D eigenvalue weighted by atomic mass is 16.4. The fraction of sp³-hybridized carbons (Fsp3) is 0.667. The van der Waals surface area contributed by atoms with E-state index in [1.54, 1.807) is 0 Å². The molecule has 1 aliphatic rings. The molecule has 0 aromatic carbocycles. The lowest BCUT2D eigenvalue weighted by Crippen LogP contribution is -2.24. The monoisotopic (exact) mass is 216 g/mol. The van der Waals surface area contributed by atoms with E-state index in [0.29, 0.717) is 19.4 Å². The Morgan fingerprint density at radius 2 is 2.20 bits per heavy atom. The summed E-state index contributed by atoms with van der Waals surface area (Å²) in [5.74, 6) is -2.39. The molecule has 1 rings (SSSR count). The minimum atomic E-state index is -1.02. The molecule has 0 aliphatic carbocycles. The van der Waals surface area contributed by atoms with Crippen molar-refractivity contribution in [3.8, 4) is 0 Å². The summed E-state index contributed by atoms with van der Waals surface area (Å²) < 4.78 is 0. The second-order valence-electron chi connectivity index (χ2n) is 3.19. The largest absolute Gasteiger partial charge is 0.481 e. The first kappa shape index (κ1) is 13.4. The third kappa shape index (κ3) is 5.66. The van der Waals surface area contributed by atoms with E-state index >= 15 is 0 Å². The summed E-state index contributed by atoms with van der Waals surface area (Å²) in [5.41, 5.74) is 4.76. The molecule has 2 amide bonds. The Labute approximate surface area is 87.8 Å². The van der Waals surface area contributed by atoms with Gasteiger partial charge in [-0.05, 0) is 12.8 Å². The SMILES string of the molecule is CCCC(N)=O.O=C(O)C1CCNC1=O. The van der Waals surface area contributed by atoms with E-state index in [2.05, 4.69) is 5.32 Å². The van der Waals surface area contributed by atoms with Crippen LogP contribution in [0.1, 0.15) is 26.2 Å². The predicted octanol–water partition coefficient (Wildman–Crippen LogP) is -0.521. The van der Waals surface area contributed by atoms with Crippen molar-refractivity contribution >= 4 is 17.8 Å². The molecule has 0 aromatic heterocycles. The van der Waals surface area contributed by atoms with Crippen LogP contribution in [0.15, 0.2) is 0 Å². The zero-order valence-corrected chi connectivity index (χ0v) is 8.66. The van der Waals surface area contributed by atoms with Crippen molar-refractivity contribution in [3.05, 3.63) is 0 Å². The van der Waals surface area contributed by atoms with E-state index in [1.807, 2.05) is 6.92 Å². The third-order valence-corrected chi connectivity index (χ3v) is 1.84. The molecule has 15 heavy (non-hydrogen) atoms. The number of primary amides is 1. The highest BCUT2D eigenvalue weighted by molar-refractivity contribution is 5.98. The number of hydrogen-bond donors (Lipinski definition) is 3. The first-order valence-corrected chi connectivity index (χ1v) is 4.77. The van der Waals surface area contributed by atoms with Crippen LogP contribution in [-0.2, 0) is 14.4 Å². The minimum absolute atomic E-state index is 0.211. The van der Waals surface area contributed by atoms with Gasteiger partial charge in [0.25, 0.3) is 0 Å². The van der Waals surface area contributed by atoms with Gasteiger partial charge in [0.1, 0.15) is 5.92 Å². The number of carbonyl (C=O) groups excluding carboxylic acids is 2. The van der Waals surface area contributed by atoms with Crippen molar-refractivity contribution in [2.24, 2.45) is 11.7 Å². The van der Waals surface area contributed by atoms with E-state index < -0.39 is 11.9 Å². The van der Waals surface area contributed by atoms with Gasteiger partial charge in [0.2, 0.25) is 11.8 Å². The number of rotatable bonds is 3. The van der Waals surface area contributed by atoms with Gasteiger partial charge in [-0.3, -0.25) is 14.4 Å². The number of carbonyl (C=O) groups is 3. The smallest absolute Gasteiger partial charge is 0.316 e. The lowest BCUT2D eigenvalue weighted by molar-refractivity contribution is -0.145. The summed E-state index contributed by atoms with van der Waals surface area (Å²) in [6.07, 6.45) is 1.80. The predicted molar refractivity (Wildman–Crippen MR) is 52.9 cm³/mol. The molecular formula is C9H16N2O4. The number of nitrogens with two attached hydrogens (primary N) is 1. The fourth-order valence-electron chi connectivity index (χ4n) is 1.08. The number of nitrogens with one attached hydrogen (secondary N) is 1. The number of carboxylic acids is 1. The van der Waals surface area contributed by atoms with E-state index in [4.69, 9.17) is 10.8 Å². The van der Waals surface area contributed by atoms with Gasteiger partial charge in [-0.1, -0.05) is 6.92 Å². The van der Waals surface area contributed by atoms with Crippen molar-refractivity contribution in [3.63, 3.8) is 0 Å². The first-order chi connectivity index (χ1) is 6.99. The lowest BCUT2D eigenvalue weighted by Gasteiger charge is -1.95. The number of amides is 2. The average molecular weight is 216 g/mol. The van der Waals surface area contributed by atoms with E-state index in [9.17, 15) is 14.4 Å². The number of carboxylic acid groups (broad SMARTS) is 1. The summed E-state index contributed by atoms with van der Waals surface area (Å²) in [6.45, 7) is 2.42. The molecule has 6 nitrogen and oxygen atoms in total. The zero-order chi connectivity index (χ0) is 11.8. The second-order valence-corrected chi connectivity index (χ2v) is 3.19. The Balaban J connectivity index is 0.000000288. The Kier molecular flexibility index (Phi) is 6.08. The molecule has 1 aliphatic heterocycles. The summed E-state index contributed by atoms with van der Waals surface area (Å²) in [4.78, 5) is 30.5. The molecule has 0 radical (unpaired) electrons. The molecular weight excluding hydrogens is 200 g/mol. The fourth-order valence-corrected chi connectivity index (χ4v) is 1.08. The van der Waals surface area contributed by atoms with E-state index in [-0.39, 0.29) is 11.8 Å². The van der Waals surface area contributed by atoms with E-state index in [1.165, 1.54) is 0 Å². The van der Waals surface area contributed by atoms with Crippen LogP contribution in [0.2, 0.25) is 0 Å². The van der Waals surface area contributed by atoms with Crippen molar-refractivity contribution in [2.75, 3.05) is 6.54 Å². The number of hydrogen-bond acceptors (Lipinski definition) is 3. The molecule has 1 fully saturated rings. The molecule has 0 bridgehead atoms. The van der Waals surface area contributed by atoms with Gasteiger partial charge in [0.05, 0.1) is 0 Å². The van der Waals surface area contributed by atoms with Gasteiger partial charge in [-0.15, -0.1) is 0 Å². The van der Waals surface area contributed by atoms with Crippen LogP contribution < -0.4 is 11.1 Å². The zero-order valence-electron chi connectivity index (χ0n) is 8.66. The van der Waals surface area contributed by atoms with Crippen molar-refractivity contribution in [1.29, 1.82) is 0 Å². The van der Waals surface area contributed by atoms with Crippen LogP contribution in [0.25, 0.3) is 0 Å². The van der Waals surface area contributed by atoms with Crippen LogP contribution in [0.4, 0.5) is 0 Å². The minimum Gasteiger partial charge on any atom is -0.481 e. The van der Waals surface area contributed by atoms with Crippen LogP contribution in [0.3, 0.4) is 0 Å². The molecule has 0 saturated carbocycles. The van der Waals surface area contributed by atoms with Gasteiger partial charge < -0.3 is 16.2 Å². The highest BCUT2D eigenvalue weighted by Crippen LogP contribution is 2.07. The molecule has 1 unspecified atom stereocenters. The van der Waals surface area contributed by atoms with Gasteiger partial charge >= 0.3 is 5.97 Å². The maximum Gasteiger partial charge on any atom is 0.316 e. The first-order valence-electron chi connectivity index (χ1n) is 4.77. The summed E-state index contributed by atoms with van der Waals surface area (Å²) in [5, 5.41) is 10.8. The molecule has 0 spiro atoms. The van der Waals surface area contributed by atoms with Crippen molar-refractivity contribution < 1.29 is 19.5 Å². The van der Waals surface area contributed by atoms with Gasteiger partial charge in [0, 0.05) is 13.0 Å². The quantitative estimate of drug-likeness (QED) is 0.551. The van der Waals surface area contributed by atoms with Gasteiger partial charge in [-0.2, -0.15) is 0 Å². The molecule has 4 N–H and O–H groups in total. The number of aliphatic carboxylic acids is 1. The molecule has 86 valence electrons. The normalized spacial score (nSPS) is 18.7. The standard InChI is InChI=1S/C5H7NO3.C4H9NO/c7-4-3(5(8)9)1-2-6-4;1-2-3-4(5)6/h3H,1-2H2,(H,6,7)(H,8,9);2-3H2,1H3,(H2,5,6). The summed E-state index contributed by atoms with van der Waals surface area (Å²) in [6, 6.07) is 0. The highest BCUT2D eigenvalue weighted by Gasteiger charge is 2.30. The summed E-state index contributed by atoms with van der Waals surface area (Å²) >= 11 is 0. The Morgan fingerprint density at radius 3 is 2.33 bits per heavy atom. The lowest BCUT2D eigenvalue weighted by atomic mass is 10.1. The summed E-state index contributed by atoms with van der Waals surface area (Å²) in [7, 11) is 0. The third-order valence-electron chi connectivity index (χ3n) is 1.84. The van der Waals surface area contributed by atoms with Crippen LogP contribution in [0.5, 0.6) is 0 Å². The van der Waals surface area contributed by atoms with Crippen molar-refractivity contribution in [2.45, 2.75) is 26.2 Å². The van der Waals surface area contributed by atoms with Crippen LogP contribution >= 0.6 is 0 Å². The van der Waals surface area contributed by atoms with Crippen LogP contribution in [0, 0.1) is 5.92 Å². The van der Waals surface area contributed by atoms with Crippen molar-refractivity contribution in [1.82, 2.24) is 5.32 Å². The molecule has 1 heterocycles. The second kappa shape index (κ2) is 6.80. The maximum absolute atomic E-state index is 10.5. The average Bonchev–Trinajstić information content (AvgIpc) is 2.52. The Bertz CT molecular complexity index is 252.